The predicted molar refractivity (Wildman–Crippen MR) is 56.1 cm³/mol. The second-order valence-corrected chi connectivity index (χ2v) is 3.43. The Hall–Kier alpha value is -1.23. The molecule has 1 aromatic rings. The number of nitrogens with zero attached hydrogens (tertiary/aromatic N) is 2. The molecule has 0 saturated heterocycles. The van der Waals surface area contributed by atoms with E-state index in [4.69, 9.17) is 5.73 Å². The summed E-state index contributed by atoms with van der Waals surface area (Å²) in [6.07, 6.45) is -0.721. The molecule has 1 aromatic heterocycles. The third-order valence-electron chi connectivity index (χ3n) is 2.14. The van der Waals surface area contributed by atoms with Gasteiger partial charge in [-0.1, -0.05) is 0 Å². The maximum atomic E-state index is 12.2. The van der Waals surface area contributed by atoms with Crippen molar-refractivity contribution in [3.05, 3.63) is 23.5 Å². The maximum absolute atomic E-state index is 12.2. The summed E-state index contributed by atoms with van der Waals surface area (Å²) in [6.45, 7) is 1.83. The Morgan fingerprint density at radius 2 is 2.20 bits per heavy atom. The summed E-state index contributed by atoms with van der Waals surface area (Å²) < 4.78 is 24.4. The highest BCUT2D eigenvalue weighted by Crippen LogP contribution is 2.19. The molecule has 0 unspecified atom stereocenters. The average Bonchev–Trinajstić information content (AvgIpc) is 2.16. The highest BCUT2D eigenvalue weighted by atomic mass is 19.3. The third kappa shape index (κ3) is 3.13. The summed E-state index contributed by atoms with van der Waals surface area (Å²) >= 11 is 0. The third-order valence-corrected chi connectivity index (χ3v) is 2.14. The molecule has 0 spiro atoms. The van der Waals surface area contributed by atoms with Crippen LogP contribution in [0.15, 0.2) is 12.3 Å². The topological polar surface area (TPSA) is 42.1 Å². The summed E-state index contributed by atoms with van der Waals surface area (Å²) in [5.41, 5.74) is 7.82. The van der Waals surface area contributed by atoms with Gasteiger partial charge in [0, 0.05) is 36.7 Å². The van der Waals surface area contributed by atoms with Gasteiger partial charge in [-0.25, -0.2) is 8.78 Å². The number of hydrogen-bond donors (Lipinski definition) is 1. The quantitative estimate of drug-likeness (QED) is 0.828. The van der Waals surface area contributed by atoms with Gasteiger partial charge in [-0.05, 0) is 13.0 Å². The number of aromatic nitrogens is 1. The van der Waals surface area contributed by atoms with Crippen molar-refractivity contribution in [2.75, 3.05) is 18.5 Å². The molecule has 15 heavy (non-hydrogen) atoms. The van der Waals surface area contributed by atoms with E-state index in [2.05, 4.69) is 4.98 Å². The molecule has 0 aliphatic heterocycles. The van der Waals surface area contributed by atoms with Crippen molar-refractivity contribution in [1.82, 2.24) is 4.98 Å². The Bertz CT molecular complexity index is 328. The lowest BCUT2D eigenvalue weighted by molar-refractivity contribution is 0.156. The molecule has 0 saturated carbocycles. The molecule has 2 N–H and O–H groups in total. The fourth-order valence-electron chi connectivity index (χ4n) is 1.39. The zero-order chi connectivity index (χ0) is 11.4. The van der Waals surface area contributed by atoms with E-state index in [1.54, 1.807) is 19.3 Å². The second kappa shape index (κ2) is 5.02. The monoisotopic (exact) mass is 215 g/mol. The van der Waals surface area contributed by atoms with Crippen LogP contribution in [0.4, 0.5) is 14.5 Å². The highest BCUT2D eigenvalue weighted by molar-refractivity contribution is 5.53. The molecule has 1 heterocycles. The number of alkyl halides is 2. The molecule has 0 bridgehead atoms. The Morgan fingerprint density at radius 1 is 1.53 bits per heavy atom. The van der Waals surface area contributed by atoms with Gasteiger partial charge >= 0.3 is 0 Å². The van der Waals surface area contributed by atoms with Crippen LogP contribution in [-0.2, 0) is 6.54 Å². The van der Waals surface area contributed by atoms with E-state index in [9.17, 15) is 8.78 Å². The second-order valence-electron chi connectivity index (χ2n) is 3.43. The van der Waals surface area contributed by atoms with Gasteiger partial charge in [-0.2, -0.15) is 0 Å². The zero-order valence-corrected chi connectivity index (χ0v) is 8.87. The van der Waals surface area contributed by atoms with Crippen LogP contribution in [0.25, 0.3) is 0 Å². The number of halogens is 2. The van der Waals surface area contributed by atoms with Crippen LogP contribution in [0.2, 0.25) is 0 Å². The van der Waals surface area contributed by atoms with Crippen molar-refractivity contribution in [3.8, 4) is 0 Å². The van der Waals surface area contributed by atoms with E-state index in [0.717, 1.165) is 16.9 Å². The Morgan fingerprint density at radius 3 is 2.73 bits per heavy atom. The van der Waals surface area contributed by atoms with Crippen LogP contribution in [0.5, 0.6) is 0 Å². The van der Waals surface area contributed by atoms with E-state index >= 15 is 0 Å². The standard InChI is InChI=1S/C10H15F2N3/c1-7-3-9(8(4-13)5-14-7)15(2)6-10(11)12/h3,5,10H,4,6,13H2,1-2H3. The Kier molecular flexibility index (Phi) is 3.96. The van der Waals surface area contributed by atoms with Gasteiger partial charge in [0.25, 0.3) is 6.43 Å². The number of hydrogen-bond acceptors (Lipinski definition) is 3. The number of pyridine rings is 1. The van der Waals surface area contributed by atoms with Gasteiger partial charge in [-0.3, -0.25) is 4.98 Å². The molecule has 0 radical (unpaired) electrons. The lowest BCUT2D eigenvalue weighted by Gasteiger charge is -2.21. The SMILES string of the molecule is Cc1cc(N(C)CC(F)F)c(CN)cn1. The molecule has 84 valence electrons. The van der Waals surface area contributed by atoms with Crippen molar-refractivity contribution in [3.63, 3.8) is 0 Å². The maximum Gasteiger partial charge on any atom is 0.255 e. The van der Waals surface area contributed by atoms with Crippen molar-refractivity contribution in [2.45, 2.75) is 19.9 Å². The first kappa shape index (κ1) is 11.8. The molecular weight excluding hydrogens is 200 g/mol. The number of anilines is 1. The molecule has 0 atom stereocenters. The lowest BCUT2D eigenvalue weighted by atomic mass is 10.2. The summed E-state index contributed by atoms with van der Waals surface area (Å²) in [5.74, 6) is 0. The summed E-state index contributed by atoms with van der Waals surface area (Å²) in [7, 11) is 1.63. The smallest absolute Gasteiger partial charge is 0.255 e. The fraction of sp³-hybridized carbons (Fsp3) is 0.500. The molecule has 0 aliphatic carbocycles. The Balaban J connectivity index is 2.94. The van der Waals surface area contributed by atoms with E-state index in [0.29, 0.717) is 6.54 Å². The van der Waals surface area contributed by atoms with E-state index < -0.39 is 6.43 Å². The average molecular weight is 215 g/mol. The van der Waals surface area contributed by atoms with Crippen LogP contribution < -0.4 is 10.6 Å². The molecule has 3 nitrogen and oxygen atoms in total. The molecule has 0 aliphatic rings. The molecule has 5 heteroatoms. The van der Waals surface area contributed by atoms with Gasteiger partial charge in [0.2, 0.25) is 0 Å². The van der Waals surface area contributed by atoms with Crippen molar-refractivity contribution in [1.29, 1.82) is 0 Å². The first-order valence-electron chi connectivity index (χ1n) is 4.69. The minimum atomic E-state index is -2.35. The van der Waals surface area contributed by atoms with Crippen LogP contribution in [0.1, 0.15) is 11.3 Å². The first-order valence-corrected chi connectivity index (χ1v) is 4.69. The Labute approximate surface area is 87.9 Å². The van der Waals surface area contributed by atoms with Gasteiger partial charge in [0.05, 0.1) is 6.54 Å². The van der Waals surface area contributed by atoms with Crippen molar-refractivity contribution >= 4 is 5.69 Å². The first-order chi connectivity index (χ1) is 7.04. The van der Waals surface area contributed by atoms with Crippen LogP contribution in [0, 0.1) is 6.92 Å². The van der Waals surface area contributed by atoms with Crippen LogP contribution >= 0.6 is 0 Å². The molecule has 0 fully saturated rings. The normalized spacial score (nSPS) is 10.8. The summed E-state index contributed by atoms with van der Waals surface area (Å²) in [5, 5.41) is 0. The largest absolute Gasteiger partial charge is 0.369 e. The minimum Gasteiger partial charge on any atom is -0.369 e. The molecule has 1 rings (SSSR count). The van der Waals surface area contributed by atoms with Gasteiger partial charge in [0.1, 0.15) is 0 Å². The van der Waals surface area contributed by atoms with E-state index in [-0.39, 0.29) is 6.54 Å². The minimum absolute atomic E-state index is 0.295. The highest BCUT2D eigenvalue weighted by Gasteiger charge is 2.12. The lowest BCUT2D eigenvalue weighted by Crippen LogP contribution is -2.25. The molecule has 0 aromatic carbocycles. The zero-order valence-electron chi connectivity index (χ0n) is 8.87. The fourth-order valence-corrected chi connectivity index (χ4v) is 1.39. The molecular formula is C10H15F2N3. The van der Waals surface area contributed by atoms with E-state index in [1.165, 1.54) is 4.90 Å². The molecule has 0 amide bonds. The van der Waals surface area contributed by atoms with Gasteiger partial charge in [0.15, 0.2) is 0 Å². The van der Waals surface area contributed by atoms with Crippen LogP contribution in [-0.4, -0.2) is 25.0 Å². The number of aryl methyl sites for hydroxylation is 1. The summed E-state index contributed by atoms with van der Waals surface area (Å²) in [6, 6.07) is 1.77. The van der Waals surface area contributed by atoms with E-state index in [1.807, 2.05) is 6.92 Å². The summed E-state index contributed by atoms with van der Waals surface area (Å²) in [4.78, 5) is 5.58. The van der Waals surface area contributed by atoms with Gasteiger partial charge in [-0.15, -0.1) is 0 Å². The number of rotatable bonds is 4. The number of nitrogens with two attached hydrogens (primary N) is 1. The van der Waals surface area contributed by atoms with Gasteiger partial charge < -0.3 is 10.6 Å². The van der Waals surface area contributed by atoms with Crippen LogP contribution in [0.3, 0.4) is 0 Å². The van der Waals surface area contributed by atoms with Crippen molar-refractivity contribution in [2.24, 2.45) is 5.73 Å². The van der Waals surface area contributed by atoms with Crippen molar-refractivity contribution < 1.29 is 8.78 Å². The predicted octanol–water partition coefficient (Wildman–Crippen LogP) is 1.55.